The topological polar surface area (TPSA) is 143 Å². The van der Waals surface area contributed by atoms with Crippen LogP contribution in [0.3, 0.4) is 0 Å². The molecule has 45 heavy (non-hydrogen) atoms. The lowest BCUT2D eigenvalue weighted by Gasteiger charge is -2.27. The summed E-state index contributed by atoms with van der Waals surface area (Å²) in [6.45, 7) is 3.80. The maximum atomic E-state index is 13.7. The number of para-hydroxylation sites is 1. The number of piperidine rings is 1. The van der Waals surface area contributed by atoms with Crippen LogP contribution in [0.25, 0.3) is 23.0 Å². The lowest BCUT2D eigenvalue weighted by Crippen LogP contribution is -2.43. The first-order valence-corrected chi connectivity index (χ1v) is 16.1. The number of esters is 1. The molecule has 2 aliphatic rings. The molecule has 12 heteroatoms. The molecule has 11 nitrogen and oxygen atoms in total. The van der Waals surface area contributed by atoms with Gasteiger partial charge in [0.1, 0.15) is 11.6 Å². The number of aromatic nitrogens is 2. The summed E-state index contributed by atoms with van der Waals surface area (Å²) < 4.78 is 34.6. The number of nitrogens with zero attached hydrogens (tertiary/aromatic N) is 5. The lowest BCUT2D eigenvalue weighted by atomic mass is 9.93. The molecule has 1 aromatic heterocycles. The van der Waals surface area contributed by atoms with Crippen molar-refractivity contribution < 1.29 is 27.5 Å². The molecule has 0 unspecified atom stereocenters. The Morgan fingerprint density at radius 2 is 1.71 bits per heavy atom. The van der Waals surface area contributed by atoms with Gasteiger partial charge < -0.3 is 4.74 Å². The summed E-state index contributed by atoms with van der Waals surface area (Å²) in [5.41, 5.74) is 2.62. The molecule has 0 aliphatic carbocycles. The minimum Gasteiger partial charge on any atom is -0.466 e. The van der Waals surface area contributed by atoms with Gasteiger partial charge in [0.15, 0.2) is 0 Å². The number of carbonyl (C=O) groups excluding carboxylic acids is 3. The number of sulfonamides is 1. The second kappa shape index (κ2) is 13.4. The van der Waals surface area contributed by atoms with E-state index in [9.17, 15) is 28.1 Å². The standard InChI is InChI=1S/C33H33N5O6S/c1-23-29(32(40)37(33(41)30(23)21-34)18-9-19-44-24(2)39)20-26-22-38(27-10-5-3-6-11-27)35-31(26)25-12-14-28(15-13-25)45(42,43)36-16-7-4-8-17-36/h3,5-6,10-15,20,22H,4,7-9,16-19H2,1-2H3/b29-20+. The average Bonchev–Trinajstić information content (AvgIpc) is 3.47. The van der Waals surface area contributed by atoms with Crippen molar-refractivity contribution in [3.05, 3.63) is 83.1 Å². The van der Waals surface area contributed by atoms with Crippen LogP contribution >= 0.6 is 0 Å². The molecule has 2 aliphatic heterocycles. The summed E-state index contributed by atoms with van der Waals surface area (Å²) in [5.74, 6) is -1.76. The lowest BCUT2D eigenvalue weighted by molar-refractivity contribution is -0.141. The van der Waals surface area contributed by atoms with Gasteiger partial charge in [0, 0.05) is 49.5 Å². The van der Waals surface area contributed by atoms with E-state index < -0.39 is 27.8 Å². The normalized spacial score (nSPS) is 17.1. The molecular weight excluding hydrogens is 594 g/mol. The maximum Gasteiger partial charge on any atom is 0.302 e. The van der Waals surface area contributed by atoms with E-state index in [4.69, 9.17) is 9.84 Å². The second-order valence-corrected chi connectivity index (χ2v) is 12.8. The van der Waals surface area contributed by atoms with Crippen molar-refractivity contribution in [1.82, 2.24) is 19.0 Å². The number of benzene rings is 2. The Balaban J connectivity index is 1.55. The molecule has 0 bridgehead atoms. The highest BCUT2D eigenvalue weighted by Gasteiger charge is 2.35. The van der Waals surface area contributed by atoms with Gasteiger partial charge in [-0.05, 0) is 62.1 Å². The fourth-order valence-corrected chi connectivity index (χ4v) is 6.91. The zero-order valence-corrected chi connectivity index (χ0v) is 25.9. The minimum absolute atomic E-state index is 0.0213. The molecule has 2 aromatic carbocycles. The number of hydrogen-bond acceptors (Lipinski definition) is 8. The van der Waals surface area contributed by atoms with Crippen molar-refractivity contribution >= 4 is 33.9 Å². The molecule has 0 radical (unpaired) electrons. The molecule has 232 valence electrons. The SMILES string of the molecule is CC(=O)OCCCN1C(=O)C(C#N)=C(C)/C(=C\c2cn(-c3ccccc3)nc2-c2ccc(S(=O)(=O)N3CCCCC3)cc2)C1=O. The third kappa shape index (κ3) is 6.64. The number of imide groups is 1. The molecule has 3 heterocycles. The molecule has 0 spiro atoms. The number of carbonyl (C=O) groups is 3. The van der Waals surface area contributed by atoms with Gasteiger partial charge in [-0.3, -0.25) is 19.3 Å². The van der Waals surface area contributed by atoms with Crippen molar-refractivity contribution in [3.63, 3.8) is 0 Å². The Labute approximate surface area is 262 Å². The monoisotopic (exact) mass is 627 g/mol. The van der Waals surface area contributed by atoms with Crippen molar-refractivity contribution in [2.24, 2.45) is 0 Å². The maximum absolute atomic E-state index is 13.7. The summed E-state index contributed by atoms with van der Waals surface area (Å²) >= 11 is 0. The number of rotatable bonds is 9. The van der Waals surface area contributed by atoms with E-state index in [1.807, 2.05) is 36.4 Å². The van der Waals surface area contributed by atoms with Crippen LogP contribution in [0.1, 0.15) is 45.1 Å². The molecule has 0 N–H and O–H groups in total. The van der Waals surface area contributed by atoms with Gasteiger partial charge in [0.2, 0.25) is 10.0 Å². The number of ether oxygens (including phenoxy) is 1. The van der Waals surface area contributed by atoms with Crippen molar-refractivity contribution in [2.75, 3.05) is 26.2 Å². The third-order valence-corrected chi connectivity index (χ3v) is 9.71. The fourth-order valence-electron chi connectivity index (χ4n) is 5.40. The highest BCUT2D eigenvalue weighted by atomic mass is 32.2. The van der Waals surface area contributed by atoms with Gasteiger partial charge in [-0.2, -0.15) is 14.7 Å². The summed E-state index contributed by atoms with van der Waals surface area (Å²) in [7, 11) is -3.63. The van der Waals surface area contributed by atoms with Crippen LogP contribution in [0.2, 0.25) is 0 Å². The van der Waals surface area contributed by atoms with Gasteiger partial charge in [0.25, 0.3) is 11.8 Å². The fraction of sp³-hybridized carbons (Fsp3) is 0.303. The van der Waals surface area contributed by atoms with Gasteiger partial charge in [-0.15, -0.1) is 0 Å². The number of amides is 2. The molecule has 0 saturated carbocycles. The molecule has 2 amide bonds. The van der Waals surface area contributed by atoms with E-state index in [1.165, 1.54) is 11.2 Å². The third-order valence-electron chi connectivity index (χ3n) is 7.80. The first kappa shape index (κ1) is 31.6. The average molecular weight is 628 g/mol. The molecule has 5 rings (SSSR count). The first-order valence-electron chi connectivity index (χ1n) is 14.7. The van der Waals surface area contributed by atoms with E-state index >= 15 is 0 Å². The predicted molar refractivity (Wildman–Crippen MR) is 166 cm³/mol. The smallest absolute Gasteiger partial charge is 0.302 e. The Morgan fingerprint density at radius 1 is 1.02 bits per heavy atom. The van der Waals surface area contributed by atoms with Gasteiger partial charge in [0.05, 0.1) is 22.9 Å². The second-order valence-electron chi connectivity index (χ2n) is 10.8. The van der Waals surface area contributed by atoms with Crippen molar-refractivity contribution in [1.29, 1.82) is 5.26 Å². The highest BCUT2D eigenvalue weighted by molar-refractivity contribution is 7.89. The van der Waals surface area contributed by atoms with Crippen LogP contribution in [0, 0.1) is 11.3 Å². The summed E-state index contributed by atoms with van der Waals surface area (Å²) in [5, 5.41) is 14.6. The first-order chi connectivity index (χ1) is 21.6. The van der Waals surface area contributed by atoms with E-state index in [0.29, 0.717) is 29.9 Å². The minimum atomic E-state index is -3.63. The predicted octanol–water partition coefficient (Wildman–Crippen LogP) is 4.26. The van der Waals surface area contributed by atoms with Crippen molar-refractivity contribution in [3.8, 4) is 23.0 Å². The Bertz CT molecular complexity index is 1830. The van der Waals surface area contributed by atoms with Crippen LogP contribution < -0.4 is 0 Å². The van der Waals surface area contributed by atoms with Gasteiger partial charge in [-0.1, -0.05) is 36.8 Å². The van der Waals surface area contributed by atoms with E-state index in [2.05, 4.69) is 0 Å². The van der Waals surface area contributed by atoms with E-state index in [1.54, 1.807) is 48.1 Å². The summed E-state index contributed by atoms with van der Waals surface area (Å²) in [4.78, 5) is 39.0. The summed E-state index contributed by atoms with van der Waals surface area (Å²) in [6, 6.07) is 17.8. The molecular formula is C33H33N5O6S. The zero-order chi connectivity index (χ0) is 32.1. The van der Waals surface area contributed by atoms with Crippen LogP contribution in [-0.4, -0.2) is 71.4 Å². The molecule has 0 atom stereocenters. The van der Waals surface area contributed by atoms with Crippen LogP contribution in [-0.2, 0) is 29.1 Å². The number of hydrogen-bond donors (Lipinski definition) is 0. The Kier molecular flexibility index (Phi) is 9.41. The quantitative estimate of drug-likeness (QED) is 0.148. The van der Waals surface area contributed by atoms with Crippen LogP contribution in [0.5, 0.6) is 0 Å². The largest absolute Gasteiger partial charge is 0.466 e. The van der Waals surface area contributed by atoms with E-state index in [0.717, 1.165) is 29.8 Å². The molecule has 1 saturated heterocycles. The summed E-state index contributed by atoms with van der Waals surface area (Å²) in [6.07, 6.45) is 6.24. The number of nitriles is 1. The van der Waals surface area contributed by atoms with E-state index in [-0.39, 0.29) is 41.2 Å². The molecule has 3 aromatic rings. The zero-order valence-electron chi connectivity index (χ0n) is 25.1. The van der Waals surface area contributed by atoms with Crippen LogP contribution in [0.15, 0.2) is 82.4 Å². The van der Waals surface area contributed by atoms with Crippen molar-refractivity contribution in [2.45, 2.75) is 44.4 Å². The van der Waals surface area contributed by atoms with Gasteiger partial charge >= 0.3 is 5.97 Å². The van der Waals surface area contributed by atoms with Gasteiger partial charge in [-0.25, -0.2) is 13.1 Å². The molecule has 1 fully saturated rings. The Morgan fingerprint density at radius 3 is 2.36 bits per heavy atom. The van der Waals surface area contributed by atoms with Crippen LogP contribution in [0.4, 0.5) is 0 Å². The highest BCUT2D eigenvalue weighted by Crippen LogP contribution is 2.32. The Hall–Kier alpha value is -4.86.